The van der Waals surface area contributed by atoms with Gasteiger partial charge in [-0.25, -0.2) is 4.98 Å². The zero-order valence-corrected chi connectivity index (χ0v) is 15.5. The number of aromatic nitrogens is 2. The fraction of sp³-hybridized carbons (Fsp3) is 0.444. The summed E-state index contributed by atoms with van der Waals surface area (Å²) in [6.45, 7) is 6.16. The lowest BCUT2D eigenvalue weighted by molar-refractivity contribution is 0.0204. The van der Waals surface area contributed by atoms with Crippen LogP contribution in [0.15, 0.2) is 41.8 Å². The molecule has 1 unspecified atom stereocenters. The van der Waals surface area contributed by atoms with Crippen molar-refractivity contribution in [2.75, 3.05) is 39.1 Å². The highest BCUT2D eigenvalue weighted by molar-refractivity contribution is 7.98. The van der Waals surface area contributed by atoms with E-state index in [0.717, 1.165) is 37.1 Å². The number of thioether (sulfide) groups is 1. The van der Waals surface area contributed by atoms with Gasteiger partial charge in [-0.15, -0.1) is 0 Å². The van der Waals surface area contributed by atoms with Crippen LogP contribution in [0.5, 0.6) is 0 Å². The van der Waals surface area contributed by atoms with Crippen molar-refractivity contribution in [3.63, 3.8) is 0 Å². The molecule has 1 aliphatic heterocycles. The molecular formula is C18H24N4O2S. The van der Waals surface area contributed by atoms with Crippen LogP contribution in [0.25, 0.3) is 5.69 Å². The summed E-state index contributed by atoms with van der Waals surface area (Å²) in [5, 5.41) is 3.96. The van der Waals surface area contributed by atoms with E-state index in [2.05, 4.69) is 22.1 Å². The molecule has 0 bridgehead atoms. The third-order valence-electron chi connectivity index (χ3n) is 4.42. The minimum Gasteiger partial charge on any atom is -0.379 e. The third kappa shape index (κ3) is 4.42. The molecule has 25 heavy (non-hydrogen) atoms. The van der Waals surface area contributed by atoms with Gasteiger partial charge in [0.25, 0.3) is 5.91 Å². The average Bonchev–Trinajstić information content (AvgIpc) is 3.15. The van der Waals surface area contributed by atoms with Crippen LogP contribution < -0.4 is 5.32 Å². The molecule has 1 atom stereocenters. The van der Waals surface area contributed by atoms with Gasteiger partial charge in [0.1, 0.15) is 0 Å². The Bertz CT molecular complexity index is 695. The first-order valence-corrected chi connectivity index (χ1v) is 9.69. The first-order valence-electron chi connectivity index (χ1n) is 8.47. The van der Waals surface area contributed by atoms with E-state index in [0.29, 0.717) is 18.2 Å². The molecular weight excluding hydrogens is 336 g/mol. The maximum absolute atomic E-state index is 12.4. The lowest BCUT2D eigenvalue weighted by Gasteiger charge is -2.32. The van der Waals surface area contributed by atoms with E-state index in [1.807, 2.05) is 41.3 Å². The Balaban J connectivity index is 1.57. The molecule has 2 heterocycles. The molecule has 1 fully saturated rings. The molecule has 2 aromatic rings. The number of rotatable bonds is 6. The van der Waals surface area contributed by atoms with Crippen molar-refractivity contribution in [1.82, 2.24) is 19.8 Å². The van der Waals surface area contributed by atoms with E-state index in [4.69, 9.17) is 4.74 Å². The summed E-state index contributed by atoms with van der Waals surface area (Å²) in [7, 11) is 0. The van der Waals surface area contributed by atoms with Crippen LogP contribution in [-0.2, 0) is 4.74 Å². The van der Waals surface area contributed by atoms with Gasteiger partial charge < -0.3 is 10.1 Å². The molecule has 7 heteroatoms. The quantitative estimate of drug-likeness (QED) is 0.799. The largest absolute Gasteiger partial charge is 0.379 e. The summed E-state index contributed by atoms with van der Waals surface area (Å²) in [6.07, 6.45) is 5.70. The van der Waals surface area contributed by atoms with Crippen molar-refractivity contribution in [2.45, 2.75) is 18.1 Å². The number of amides is 1. The first kappa shape index (κ1) is 18.0. The summed E-state index contributed by atoms with van der Waals surface area (Å²) < 4.78 is 7.37. The van der Waals surface area contributed by atoms with Gasteiger partial charge in [0, 0.05) is 49.3 Å². The highest BCUT2D eigenvalue weighted by atomic mass is 32.2. The minimum atomic E-state index is -0.0395. The number of nitrogens with zero attached hydrogens (tertiary/aromatic N) is 3. The van der Waals surface area contributed by atoms with Crippen molar-refractivity contribution in [3.8, 4) is 5.69 Å². The molecule has 1 saturated heterocycles. The standard InChI is InChI=1S/C18H24N4O2S/c1-14(21-9-11-24-12-10-21)13-20-17(23)15-3-5-16(6-4-15)22-8-7-19-18(22)25-2/h3-8,14H,9-13H2,1-2H3,(H,20,23). The minimum absolute atomic E-state index is 0.0395. The highest BCUT2D eigenvalue weighted by Gasteiger charge is 2.17. The second kappa shape index (κ2) is 8.51. The Morgan fingerprint density at radius 3 is 2.72 bits per heavy atom. The van der Waals surface area contributed by atoms with E-state index in [1.165, 1.54) is 0 Å². The normalized spacial score (nSPS) is 16.6. The van der Waals surface area contributed by atoms with Crippen LogP contribution in [-0.4, -0.2) is 65.5 Å². The summed E-state index contributed by atoms with van der Waals surface area (Å²) in [5.41, 5.74) is 1.67. The van der Waals surface area contributed by atoms with Gasteiger partial charge in [-0.3, -0.25) is 14.3 Å². The van der Waals surface area contributed by atoms with E-state index in [-0.39, 0.29) is 5.91 Å². The zero-order valence-electron chi connectivity index (χ0n) is 14.6. The second-order valence-electron chi connectivity index (χ2n) is 6.04. The Morgan fingerprint density at radius 2 is 2.04 bits per heavy atom. The Labute approximate surface area is 152 Å². The Kier molecular flexibility index (Phi) is 6.12. The van der Waals surface area contributed by atoms with Crippen LogP contribution in [0.4, 0.5) is 0 Å². The maximum Gasteiger partial charge on any atom is 0.251 e. The Morgan fingerprint density at radius 1 is 1.32 bits per heavy atom. The number of carbonyl (C=O) groups is 1. The highest BCUT2D eigenvalue weighted by Crippen LogP contribution is 2.18. The van der Waals surface area contributed by atoms with Crippen molar-refractivity contribution < 1.29 is 9.53 Å². The van der Waals surface area contributed by atoms with Gasteiger partial charge in [0.05, 0.1) is 13.2 Å². The van der Waals surface area contributed by atoms with Gasteiger partial charge in [-0.2, -0.15) is 0 Å². The summed E-state index contributed by atoms with van der Waals surface area (Å²) in [6, 6.07) is 7.91. The van der Waals surface area contributed by atoms with Crippen LogP contribution in [0, 0.1) is 0 Å². The molecule has 1 aromatic heterocycles. The number of hydrogen-bond acceptors (Lipinski definition) is 5. The number of ether oxygens (including phenoxy) is 1. The summed E-state index contributed by atoms with van der Waals surface area (Å²) in [5.74, 6) is -0.0395. The topological polar surface area (TPSA) is 59.4 Å². The van der Waals surface area contributed by atoms with Crippen LogP contribution >= 0.6 is 11.8 Å². The average molecular weight is 360 g/mol. The number of imidazole rings is 1. The van der Waals surface area contributed by atoms with Crippen LogP contribution in [0.3, 0.4) is 0 Å². The molecule has 0 saturated carbocycles. The predicted octanol–water partition coefficient (Wildman–Crippen LogP) is 2.04. The van der Waals surface area contributed by atoms with Crippen molar-refractivity contribution >= 4 is 17.7 Å². The van der Waals surface area contributed by atoms with E-state index in [1.54, 1.807) is 18.0 Å². The van der Waals surface area contributed by atoms with Gasteiger partial charge >= 0.3 is 0 Å². The van der Waals surface area contributed by atoms with Crippen molar-refractivity contribution in [1.29, 1.82) is 0 Å². The number of morpholine rings is 1. The lowest BCUT2D eigenvalue weighted by atomic mass is 10.2. The fourth-order valence-corrected chi connectivity index (χ4v) is 3.43. The van der Waals surface area contributed by atoms with E-state index < -0.39 is 0 Å². The molecule has 1 aliphatic rings. The summed E-state index contributed by atoms with van der Waals surface area (Å²) >= 11 is 1.59. The molecule has 1 aromatic carbocycles. The molecule has 6 nitrogen and oxygen atoms in total. The molecule has 0 radical (unpaired) electrons. The smallest absolute Gasteiger partial charge is 0.251 e. The SMILES string of the molecule is CSc1nccn1-c1ccc(C(=O)NCC(C)N2CCOCC2)cc1. The monoisotopic (exact) mass is 360 g/mol. The predicted molar refractivity (Wildman–Crippen MR) is 99.5 cm³/mol. The number of carbonyl (C=O) groups excluding carboxylic acids is 1. The lowest BCUT2D eigenvalue weighted by Crippen LogP contribution is -2.47. The third-order valence-corrected chi connectivity index (χ3v) is 5.09. The van der Waals surface area contributed by atoms with Gasteiger partial charge in [-0.05, 0) is 37.4 Å². The number of nitrogens with one attached hydrogen (secondary N) is 1. The van der Waals surface area contributed by atoms with E-state index >= 15 is 0 Å². The van der Waals surface area contributed by atoms with Crippen LogP contribution in [0.1, 0.15) is 17.3 Å². The van der Waals surface area contributed by atoms with Crippen molar-refractivity contribution in [3.05, 3.63) is 42.2 Å². The van der Waals surface area contributed by atoms with Gasteiger partial charge in [-0.1, -0.05) is 11.8 Å². The number of benzene rings is 1. The number of hydrogen-bond donors (Lipinski definition) is 1. The molecule has 0 aliphatic carbocycles. The van der Waals surface area contributed by atoms with Crippen molar-refractivity contribution in [2.24, 2.45) is 0 Å². The second-order valence-corrected chi connectivity index (χ2v) is 6.81. The maximum atomic E-state index is 12.4. The molecule has 1 N–H and O–H groups in total. The summed E-state index contributed by atoms with van der Waals surface area (Å²) in [4.78, 5) is 19.0. The fourth-order valence-electron chi connectivity index (χ4n) is 2.90. The molecule has 1 amide bonds. The zero-order chi connectivity index (χ0) is 17.6. The first-order chi connectivity index (χ1) is 12.2. The Hall–Kier alpha value is -1.83. The molecule has 0 spiro atoms. The van der Waals surface area contributed by atoms with Gasteiger partial charge in [0.15, 0.2) is 5.16 Å². The molecule has 3 rings (SSSR count). The van der Waals surface area contributed by atoms with E-state index in [9.17, 15) is 4.79 Å². The van der Waals surface area contributed by atoms with Crippen LogP contribution in [0.2, 0.25) is 0 Å². The van der Waals surface area contributed by atoms with Gasteiger partial charge in [0.2, 0.25) is 0 Å². The molecule has 134 valence electrons.